The van der Waals surface area contributed by atoms with Gasteiger partial charge in [-0.2, -0.15) is 0 Å². The van der Waals surface area contributed by atoms with Gasteiger partial charge in [0.1, 0.15) is 0 Å². The van der Waals surface area contributed by atoms with Crippen molar-refractivity contribution in [3.63, 3.8) is 0 Å². The van der Waals surface area contributed by atoms with Crippen LogP contribution in [-0.4, -0.2) is 49.7 Å². The lowest BCUT2D eigenvalue weighted by Crippen LogP contribution is -2.40. The number of ether oxygens (including phenoxy) is 1. The predicted molar refractivity (Wildman–Crippen MR) is 101 cm³/mol. The van der Waals surface area contributed by atoms with E-state index in [2.05, 4.69) is 32.5 Å². The third-order valence-corrected chi connectivity index (χ3v) is 3.63. The summed E-state index contributed by atoms with van der Waals surface area (Å²) in [5, 5.41) is 6.49. The first-order chi connectivity index (χ1) is 9.67. The van der Waals surface area contributed by atoms with Crippen LogP contribution < -0.4 is 5.32 Å². The summed E-state index contributed by atoms with van der Waals surface area (Å²) in [6.07, 6.45) is 2.29. The minimum absolute atomic E-state index is 0. The van der Waals surface area contributed by atoms with Crippen LogP contribution in [0.2, 0.25) is 0 Å². The highest BCUT2D eigenvalue weighted by Crippen LogP contribution is 2.09. The number of aliphatic imine (C=N–C) groups is 1. The zero-order valence-corrected chi connectivity index (χ0v) is 16.5. The molecule has 21 heavy (non-hydrogen) atoms. The highest BCUT2D eigenvalue weighted by Gasteiger charge is 2.08. The maximum Gasteiger partial charge on any atom is 0.193 e. The first-order valence-electron chi connectivity index (χ1n) is 7.08. The van der Waals surface area contributed by atoms with Crippen molar-refractivity contribution >= 4 is 41.3 Å². The number of hydrogen-bond donors (Lipinski definition) is 1. The minimum Gasteiger partial charge on any atom is -0.380 e. The maximum atomic E-state index is 5.52. The van der Waals surface area contributed by atoms with Crippen LogP contribution >= 0.6 is 35.3 Å². The number of guanidine groups is 1. The van der Waals surface area contributed by atoms with Crippen LogP contribution in [0.5, 0.6) is 0 Å². The van der Waals surface area contributed by atoms with Crippen LogP contribution in [0.4, 0.5) is 0 Å². The standard InChI is InChI=1S/C14H26N4OS.HI/c1-5-6-8-19-9-7-16-14(15-3)18(4)10-13-11-20-12(2)17-13;/h11H,5-10H2,1-4H3,(H,15,16);1H. The fourth-order valence-electron chi connectivity index (χ4n) is 1.77. The van der Waals surface area contributed by atoms with Crippen molar-refractivity contribution in [2.45, 2.75) is 33.2 Å². The summed E-state index contributed by atoms with van der Waals surface area (Å²) in [5.41, 5.74) is 1.08. The maximum absolute atomic E-state index is 5.52. The van der Waals surface area contributed by atoms with Gasteiger partial charge in [-0.25, -0.2) is 4.98 Å². The number of thiazole rings is 1. The number of aryl methyl sites for hydroxylation is 1. The van der Waals surface area contributed by atoms with E-state index in [9.17, 15) is 0 Å². The molecule has 0 saturated heterocycles. The van der Waals surface area contributed by atoms with Gasteiger partial charge in [0, 0.05) is 32.6 Å². The van der Waals surface area contributed by atoms with E-state index in [0.29, 0.717) is 6.61 Å². The van der Waals surface area contributed by atoms with Crippen molar-refractivity contribution in [3.05, 3.63) is 16.1 Å². The molecule has 7 heteroatoms. The second-order valence-electron chi connectivity index (χ2n) is 4.65. The van der Waals surface area contributed by atoms with Gasteiger partial charge in [0.05, 0.1) is 23.9 Å². The molecule has 0 unspecified atom stereocenters. The van der Waals surface area contributed by atoms with Gasteiger partial charge < -0.3 is 15.0 Å². The molecular weight excluding hydrogens is 399 g/mol. The molecule has 0 atom stereocenters. The lowest BCUT2D eigenvalue weighted by atomic mass is 10.4. The summed E-state index contributed by atoms with van der Waals surface area (Å²) in [7, 11) is 3.81. The number of unbranched alkanes of at least 4 members (excludes halogenated alkanes) is 1. The SMILES string of the molecule is CCCCOCCNC(=NC)N(C)Cc1csc(C)n1.I. The van der Waals surface area contributed by atoms with Crippen molar-refractivity contribution in [3.8, 4) is 0 Å². The van der Waals surface area contributed by atoms with Crippen LogP contribution in [0, 0.1) is 6.92 Å². The zero-order chi connectivity index (χ0) is 14.8. The van der Waals surface area contributed by atoms with E-state index < -0.39 is 0 Å². The highest BCUT2D eigenvalue weighted by atomic mass is 127. The molecule has 0 bridgehead atoms. The van der Waals surface area contributed by atoms with Crippen LogP contribution in [0.25, 0.3) is 0 Å². The second kappa shape index (κ2) is 12.2. The monoisotopic (exact) mass is 426 g/mol. The lowest BCUT2D eigenvalue weighted by Gasteiger charge is -2.21. The molecule has 0 aliphatic heterocycles. The fraction of sp³-hybridized carbons (Fsp3) is 0.714. The normalized spacial score (nSPS) is 11.1. The summed E-state index contributed by atoms with van der Waals surface area (Å²) >= 11 is 1.68. The van der Waals surface area contributed by atoms with Crippen LogP contribution in [0.3, 0.4) is 0 Å². The Morgan fingerprint density at radius 3 is 2.81 bits per heavy atom. The van der Waals surface area contributed by atoms with Gasteiger partial charge in [-0.3, -0.25) is 4.99 Å². The molecule has 0 spiro atoms. The molecule has 0 radical (unpaired) electrons. The first kappa shape index (κ1) is 20.6. The Morgan fingerprint density at radius 2 is 2.24 bits per heavy atom. The van der Waals surface area contributed by atoms with Crippen LogP contribution in [0.1, 0.15) is 30.5 Å². The lowest BCUT2D eigenvalue weighted by molar-refractivity contribution is 0.135. The molecule has 0 saturated carbocycles. The molecule has 1 rings (SSSR count). The number of nitrogens with zero attached hydrogens (tertiary/aromatic N) is 3. The van der Waals surface area contributed by atoms with E-state index in [4.69, 9.17) is 4.74 Å². The third-order valence-electron chi connectivity index (χ3n) is 2.81. The van der Waals surface area contributed by atoms with E-state index in [1.807, 2.05) is 14.0 Å². The number of rotatable bonds is 8. The van der Waals surface area contributed by atoms with E-state index in [-0.39, 0.29) is 24.0 Å². The summed E-state index contributed by atoms with van der Waals surface area (Å²) < 4.78 is 5.52. The fourth-order valence-corrected chi connectivity index (χ4v) is 2.37. The van der Waals surface area contributed by atoms with Crippen molar-refractivity contribution < 1.29 is 4.74 Å². The Labute approximate surface area is 149 Å². The van der Waals surface area contributed by atoms with Crippen LogP contribution in [0.15, 0.2) is 10.4 Å². The molecule has 1 N–H and O–H groups in total. The van der Waals surface area contributed by atoms with Gasteiger partial charge in [0.15, 0.2) is 5.96 Å². The number of nitrogens with one attached hydrogen (secondary N) is 1. The molecule has 1 aromatic heterocycles. The Kier molecular flexibility index (Phi) is 11.9. The molecule has 5 nitrogen and oxygen atoms in total. The summed E-state index contributed by atoms with van der Waals surface area (Å²) in [5.74, 6) is 0.870. The van der Waals surface area contributed by atoms with Gasteiger partial charge in [0.2, 0.25) is 0 Å². The molecule has 0 aliphatic carbocycles. The van der Waals surface area contributed by atoms with Crippen molar-refractivity contribution in [2.75, 3.05) is 33.9 Å². The summed E-state index contributed by atoms with van der Waals surface area (Å²) in [4.78, 5) is 10.8. The smallest absolute Gasteiger partial charge is 0.193 e. The Bertz CT molecular complexity index is 411. The van der Waals surface area contributed by atoms with Gasteiger partial charge in [0.25, 0.3) is 0 Å². The number of aromatic nitrogens is 1. The predicted octanol–water partition coefficient (Wildman–Crippen LogP) is 2.89. The van der Waals surface area contributed by atoms with Gasteiger partial charge >= 0.3 is 0 Å². The first-order valence-corrected chi connectivity index (χ1v) is 7.95. The second-order valence-corrected chi connectivity index (χ2v) is 5.72. The van der Waals surface area contributed by atoms with Crippen molar-refractivity contribution in [1.29, 1.82) is 0 Å². The largest absolute Gasteiger partial charge is 0.380 e. The molecule has 0 fully saturated rings. The minimum atomic E-state index is 0. The Hall–Kier alpha value is -0.410. The molecular formula is C14H27IN4OS. The summed E-state index contributed by atoms with van der Waals surface area (Å²) in [6, 6.07) is 0. The number of hydrogen-bond acceptors (Lipinski definition) is 4. The highest BCUT2D eigenvalue weighted by molar-refractivity contribution is 14.0. The molecule has 0 aliphatic rings. The quantitative estimate of drug-likeness (QED) is 0.301. The Morgan fingerprint density at radius 1 is 1.48 bits per heavy atom. The molecule has 1 heterocycles. The Balaban J connectivity index is 0.00000400. The molecule has 0 amide bonds. The average Bonchev–Trinajstić information content (AvgIpc) is 2.83. The van der Waals surface area contributed by atoms with Crippen molar-refractivity contribution in [2.24, 2.45) is 4.99 Å². The third kappa shape index (κ3) is 8.57. The molecule has 1 aromatic rings. The van der Waals surface area contributed by atoms with Gasteiger partial charge in [-0.1, -0.05) is 13.3 Å². The topological polar surface area (TPSA) is 49.8 Å². The average molecular weight is 426 g/mol. The van der Waals surface area contributed by atoms with E-state index >= 15 is 0 Å². The van der Waals surface area contributed by atoms with Crippen LogP contribution in [-0.2, 0) is 11.3 Å². The summed E-state index contributed by atoms with van der Waals surface area (Å²) in [6.45, 7) is 7.28. The molecule has 0 aromatic carbocycles. The van der Waals surface area contributed by atoms with E-state index in [1.54, 1.807) is 18.4 Å². The van der Waals surface area contributed by atoms with Gasteiger partial charge in [-0.15, -0.1) is 35.3 Å². The zero-order valence-electron chi connectivity index (χ0n) is 13.4. The molecule has 122 valence electrons. The van der Waals surface area contributed by atoms with Crippen molar-refractivity contribution in [1.82, 2.24) is 15.2 Å². The van der Waals surface area contributed by atoms with E-state index in [1.165, 1.54) is 6.42 Å². The number of halogens is 1. The van der Waals surface area contributed by atoms with E-state index in [0.717, 1.165) is 42.8 Å². The van der Waals surface area contributed by atoms with Gasteiger partial charge in [-0.05, 0) is 13.3 Å².